The number of methoxy groups -OCH3 is 1. The minimum absolute atomic E-state index is 0.0517. The third kappa shape index (κ3) is 3.24. The topological polar surface area (TPSA) is 52.3 Å². The summed E-state index contributed by atoms with van der Waals surface area (Å²) in [6, 6.07) is 2.10. The van der Waals surface area contributed by atoms with Crippen molar-refractivity contribution in [2.75, 3.05) is 7.11 Å². The minimum Gasteiger partial charge on any atom is -0.469 e. The molecule has 0 saturated carbocycles. The third-order valence-corrected chi connectivity index (χ3v) is 3.38. The van der Waals surface area contributed by atoms with E-state index in [2.05, 4.69) is 4.74 Å². The van der Waals surface area contributed by atoms with Gasteiger partial charge in [0.15, 0.2) is 0 Å². The molecule has 0 radical (unpaired) electrons. The summed E-state index contributed by atoms with van der Waals surface area (Å²) >= 11 is 5.60. The second-order valence-electron chi connectivity index (χ2n) is 4.92. The third-order valence-electron chi connectivity index (χ3n) is 3.14. The lowest BCUT2D eigenvalue weighted by atomic mass is 9.79. The summed E-state index contributed by atoms with van der Waals surface area (Å²) in [6.45, 7) is 2.86. The summed E-state index contributed by atoms with van der Waals surface area (Å²) < 4.78 is 43.7. The summed E-state index contributed by atoms with van der Waals surface area (Å²) in [7, 11) is 1.16. The molecule has 0 bridgehead atoms. The second kappa shape index (κ2) is 5.61. The van der Waals surface area contributed by atoms with E-state index in [4.69, 9.17) is 17.3 Å². The summed E-state index contributed by atoms with van der Waals surface area (Å²) in [5, 5.41) is -0.0517. The van der Waals surface area contributed by atoms with Crippen molar-refractivity contribution < 1.29 is 22.7 Å². The van der Waals surface area contributed by atoms with Gasteiger partial charge in [-0.3, -0.25) is 4.79 Å². The molecule has 0 heterocycles. The zero-order chi connectivity index (χ0) is 15.7. The minimum atomic E-state index is -4.61. The molecule has 0 unspecified atom stereocenters. The van der Waals surface area contributed by atoms with Crippen molar-refractivity contribution in [1.29, 1.82) is 0 Å². The molecule has 0 spiro atoms. The van der Waals surface area contributed by atoms with Gasteiger partial charge in [-0.2, -0.15) is 13.2 Å². The number of halogens is 4. The van der Waals surface area contributed by atoms with Crippen LogP contribution in [0.5, 0.6) is 0 Å². The molecular formula is C13H15ClF3NO2. The van der Waals surface area contributed by atoms with Crippen LogP contribution < -0.4 is 5.73 Å². The van der Waals surface area contributed by atoms with E-state index in [9.17, 15) is 18.0 Å². The van der Waals surface area contributed by atoms with E-state index in [0.717, 1.165) is 13.2 Å². The van der Waals surface area contributed by atoms with E-state index in [-0.39, 0.29) is 10.6 Å². The van der Waals surface area contributed by atoms with Gasteiger partial charge in [-0.05, 0) is 31.5 Å². The van der Waals surface area contributed by atoms with Crippen molar-refractivity contribution in [3.05, 3.63) is 34.3 Å². The highest BCUT2D eigenvalue weighted by molar-refractivity contribution is 6.30. The molecule has 2 N–H and O–H groups in total. The Morgan fingerprint density at radius 1 is 1.35 bits per heavy atom. The molecule has 1 atom stereocenters. The van der Waals surface area contributed by atoms with E-state index >= 15 is 0 Å². The Bertz CT molecular complexity index is 515. The fourth-order valence-corrected chi connectivity index (χ4v) is 2.00. The maximum Gasteiger partial charge on any atom is 0.416 e. The Morgan fingerprint density at radius 2 is 1.90 bits per heavy atom. The number of nitrogens with two attached hydrogens (primary N) is 1. The monoisotopic (exact) mass is 309 g/mol. The van der Waals surface area contributed by atoms with Crippen molar-refractivity contribution >= 4 is 17.6 Å². The largest absolute Gasteiger partial charge is 0.469 e. The zero-order valence-corrected chi connectivity index (χ0v) is 12.0. The Balaban J connectivity index is 3.37. The number of hydrogen-bond acceptors (Lipinski definition) is 3. The molecule has 0 saturated heterocycles. The van der Waals surface area contributed by atoms with Gasteiger partial charge in [0.1, 0.15) is 0 Å². The molecule has 0 amide bonds. The standard InChI is InChI=1S/C13H15ClF3NO2/c1-12(2,11(19)20-3)10(18)8-5-4-7(14)6-9(8)13(15,16)17/h4-6,10H,18H2,1-3H3/t10-/m1/s1. The fourth-order valence-electron chi connectivity index (χ4n) is 1.82. The maximum atomic E-state index is 13.0. The van der Waals surface area contributed by atoms with Crippen LogP contribution in [-0.2, 0) is 15.7 Å². The summed E-state index contributed by atoms with van der Waals surface area (Å²) in [6.07, 6.45) is -4.61. The van der Waals surface area contributed by atoms with Gasteiger partial charge in [-0.25, -0.2) is 0 Å². The summed E-state index contributed by atoms with van der Waals surface area (Å²) in [5.74, 6) is -0.687. The van der Waals surface area contributed by atoms with Gasteiger partial charge < -0.3 is 10.5 Å². The van der Waals surface area contributed by atoms with Crippen LogP contribution in [0.15, 0.2) is 18.2 Å². The number of carbonyl (C=O) groups is 1. The first-order chi connectivity index (χ1) is 9.01. The average Bonchev–Trinajstić information content (AvgIpc) is 2.35. The van der Waals surface area contributed by atoms with E-state index in [1.165, 1.54) is 26.0 Å². The van der Waals surface area contributed by atoms with Crippen LogP contribution in [0.25, 0.3) is 0 Å². The first kappa shape index (κ1) is 16.8. The highest BCUT2D eigenvalue weighted by atomic mass is 35.5. The summed E-state index contributed by atoms with van der Waals surface area (Å²) in [5.41, 5.74) is 3.40. The van der Waals surface area contributed by atoms with Crippen molar-refractivity contribution in [2.45, 2.75) is 26.1 Å². The predicted octanol–water partition coefficient (Wildman–Crippen LogP) is 3.56. The molecule has 20 heavy (non-hydrogen) atoms. The molecule has 112 valence electrons. The first-order valence-electron chi connectivity index (χ1n) is 5.72. The summed E-state index contributed by atoms with van der Waals surface area (Å²) in [4.78, 5) is 11.7. The normalized spacial score (nSPS) is 14.0. The number of carbonyl (C=O) groups excluding carboxylic acids is 1. The van der Waals surface area contributed by atoms with Gasteiger partial charge in [-0.15, -0.1) is 0 Å². The molecule has 0 fully saturated rings. The molecule has 1 rings (SSSR count). The Hall–Kier alpha value is -1.27. The lowest BCUT2D eigenvalue weighted by molar-refractivity contribution is -0.153. The molecule has 0 aliphatic carbocycles. The van der Waals surface area contributed by atoms with E-state index < -0.39 is 29.2 Å². The molecular weight excluding hydrogens is 295 g/mol. The van der Waals surface area contributed by atoms with Crippen molar-refractivity contribution in [3.63, 3.8) is 0 Å². The SMILES string of the molecule is COC(=O)C(C)(C)[C@H](N)c1ccc(Cl)cc1C(F)(F)F. The number of benzene rings is 1. The Labute approximate surface area is 119 Å². The zero-order valence-electron chi connectivity index (χ0n) is 11.2. The molecule has 0 aliphatic heterocycles. The fraction of sp³-hybridized carbons (Fsp3) is 0.462. The number of alkyl halides is 3. The quantitative estimate of drug-likeness (QED) is 0.869. The lowest BCUT2D eigenvalue weighted by Gasteiger charge is -2.30. The molecule has 0 aromatic heterocycles. The first-order valence-corrected chi connectivity index (χ1v) is 6.10. The maximum absolute atomic E-state index is 13.0. The van der Waals surface area contributed by atoms with Crippen molar-refractivity contribution in [3.8, 4) is 0 Å². The highest BCUT2D eigenvalue weighted by Crippen LogP contribution is 2.41. The van der Waals surface area contributed by atoms with Gasteiger partial charge in [-0.1, -0.05) is 17.7 Å². The van der Waals surface area contributed by atoms with Crippen LogP contribution in [0, 0.1) is 5.41 Å². The van der Waals surface area contributed by atoms with E-state index in [1.54, 1.807) is 0 Å². The van der Waals surface area contributed by atoms with E-state index in [0.29, 0.717) is 0 Å². The van der Waals surface area contributed by atoms with Crippen LogP contribution in [0.3, 0.4) is 0 Å². The van der Waals surface area contributed by atoms with Crippen LogP contribution in [0.2, 0.25) is 5.02 Å². The van der Waals surface area contributed by atoms with Gasteiger partial charge in [0, 0.05) is 11.1 Å². The van der Waals surface area contributed by atoms with Crippen LogP contribution in [0.1, 0.15) is 31.0 Å². The Morgan fingerprint density at radius 3 is 2.35 bits per heavy atom. The van der Waals surface area contributed by atoms with Gasteiger partial charge in [0.2, 0.25) is 0 Å². The number of esters is 1. The predicted molar refractivity (Wildman–Crippen MR) is 69.2 cm³/mol. The van der Waals surface area contributed by atoms with Crippen LogP contribution in [0.4, 0.5) is 13.2 Å². The number of ether oxygens (including phenoxy) is 1. The van der Waals surface area contributed by atoms with Crippen LogP contribution in [-0.4, -0.2) is 13.1 Å². The highest BCUT2D eigenvalue weighted by Gasteiger charge is 2.42. The molecule has 0 aliphatic rings. The number of rotatable bonds is 3. The van der Waals surface area contributed by atoms with Crippen molar-refractivity contribution in [2.24, 2.45) is 11.1 Å². The Kier molecular flexibility index (Phi) is 4.71. The molecule has 1 aromatic carbocycles. The van der Waals surface area contributed by atoms with Crippen LogP contribution >= 0.6 is 11.6 Å². The number of hydrogen-bond donors (Lipinski definition) is 1. The second-order valence-corrected chi connectivity index (χ2v) is 5.36. The van der Waals surface area contributed by atoms with E-state index in [1.807, 2.05) is 0 Å². The van der Waals surface area contributed by atoms with Gasteiger partial charge in [0.05, 0.1) is 18.1 Å². The molecule has 3 nitrogen and oxygen atoms in total. The lowest BCUT2D eigenvalue weighted by Crippen LogP contribution is -2.38. The van der Waals surface area contributed by atoms with Gasteiger partial charge in [0.25, 0.3) is 0 Å². The smallest absolute Gasteiger partial charge is 0.416 e. The molecule has 7 heteroatoms. The molecule has 1 aromatic rings. The van der Waals surface area contributed by atoms with Gasteiger partial charge >= 0.3 is 12.1 Å². The van der Waals surface area contributed by atoms with Crippen molar-refractivity contribution in [1.82, 2.24) is 0 Å². The average molecular weight is 310 g/mol.